The number of fused-ring (bicyclic) bond motifs is 1. The summed E-state index contributed by atoms with van der Waals surface area (Å²) in [4.78, 5) is 23.1. The monoisotopic (exact) mass is 474 g/mol. The maximum atomic E-state index is 12.5. The first kappa shape index (κ1) is 23.2. The van der Waals surface area contributed by atoms with Gasteiger partial charge in [-0.25, -0.2) is 23.2 Å². The van der Waals surface area contributed by atoms with Gasteiger partial charge in [0.15, 0.2) is 20.5 Å². The van der Waals surface area contributed by atoms with Crippen LogP contribution in [0.1, 0.15) is 39.3 Å². The standard InChI is InChI=1S/C22H30N6O4S/c1-22(2,3)32-21(29)27-8-6-7-15(12-27)9-17-14-28-18(16-10-24-26(4)13-16)11-23-19(28)20(25-17)33(5,30)31/h10-11,13-15H,6-9,12H2,1-5H3. The number of likely N-dealkylation sites (tertiary alicyclic amines) is 1. The molecule has 1 atom stereocenters. The van der Waals surface area contributed by atoms with Crippen LogP contribution in [0.3, 0.4) is 0 Å². The maximum absolute atomic E-state index is 12.5. The molecule has 1 unspecified atom stereocenters. The molecule has 0 aliphatic carbocycles. The third kappa shape index (κ3) is 5.18. The summed E-state index contributed by atoms with van der Waals surface area (Å²) in [5, 5.41) is 4.16. The second kappa shape index (κ2) is 8.44. The molecule has 11 heteroatoms. The van der Waals surface area contributed by atoms with Crippen molar-refractivity contribution in [2.45, 2.75) is 50.7 Å². The highest BCUT2D eigenvalue weighted by Crippen LogP contribution is 2.27. The molecule has 1 aliphatic rings. The van der Waals surface area contributed by atoms with Gasteiger partial charge in [-0.2, -0.15) is 5.10 Å². The molecule has 1 amide bonds. The minimum absolute atomic E-state index is 0.0463. The molecule has 1 aliphatic heterocycles. The van der Waals surface area contributed by atoms with Crippen LogP contribution in [0.5, 0.6) is 0 Å². The van der Waals surface area contributed by atoms with Crippen molar-refractivity contribution in [3.63, 3.8) is 0 Å². The van der Waals surface area contributed by atoms with E-state index in [-0.39, 0.29) is 17.0 Å². The van der Waals surface area contributed by atoms with Crippen molar-refractivity contribution in [3.05, 3.63) is 30.5 Å². The summed E-state index contributed by atoms with van der Waals surface area (Å²) in [6, 6.07) is 0. The molecule has 33 heavy (non-hydrogen) atoms. The molecule has 0 bridgehead atoms. The molecule has 10 nitrogen and oxygen atoms in total. The van der Waals surface area contributed by atoms with Crippen molar-refractivity contribution in [1.82, 2.24) is 29.0 Å². The molecule has 3 aromatic heterocycles. The fourth-order valence-electron chi connectivity index (χ4n) is 4.14. The number of carbonyl (C=O) groups excluding carboxylic acids is 1. The number of amides is 1. The smallest absolute Gasteiger partial charge is 0.410 e. The topological polar surface area (TPSA) is 112 Å². The van der Waals surface area contributed by atoms with Gasteiger partial charge in [0.1, 0.15) is 5.60 Å². The Labute approximate surface area is 193 Å². The Morgan fingerprint density at radius 2 is 2.00 bits per heavy atom. The summed E-state index contributed by atoms with van der Waals surface area (Å²) < 4.78 is 34.0. The molecule has 178 valence electrons. The third-order valence-electron chi connectivity index (χ3n) is 5.53. The number of nitrogens with zero attached hydrogens (tertiary/aromatic N) is 6. The molecule has 4 rings (SSSR count). The number of rotatable bonds is 4. The molecule has 0 radical (unpaired) electrons. The normalized spacial score (nSPS) is 17.5. The summed E-state index contributed by atoms with van der Waals surface area (Å²) >= 11 is 0. The van der Waals surface area contributed by atoms with E-state index in [1.54, 1.807) is 26.4 Å². The van der Waals surface area contributed by atoms with E-state index < -0.39 is 15.4 Å². The van der Waals surface area contributed by atoms with E-state index >= 15 is 0 Å². The lowest BCUT2D eigenvalue weighted by molar-refractivity contribution is 0.0165. The van der Waals surface area contributed by atoms with Crippen molar-refractivity contribution in [1.29, 1.82) is 0 Å². The Morgan fingerprint density at radius 1 is 1.24 bits per heavy atom. The van der Waals surface area contributed by atoms with Gasteiger partial charge in [-0.1, -0.05) is 0 Å². The Bertz CT molecular complexity index is 1290. The van der Waals surface area contributed by atoms with Gasteiger partial charge in [-0.15, -0.1) is 0 Å². The number of hydrogen-bond donors (Lipinski definition) is 0. The highest BCUT2D eigenvalue weighted by molar-refractivity contribution is 7.90. The predicted octanol–water partition coefficient (Wildman–Crippen LogP) is 2.72. The van der Waals surface area contributed by atoms with Crippen LogP contribution in [0.25, 0.3) is 16.9 Å². The van der Waals surface area contributed by atoms with E-state index in [2.05, 4.69) is 15.1 Å². The zero-order valence-corrected chi connectivity index (χ0v) is 20.5. The van der Waals surface area contributed by atoms with E-state index in [0.29, 0.717) is 30.9 Å². The summed E-state index contributed by atoms with van der Waals surface area (Å²) in [5.74, 6) is 0.147. The Balaban J connectivity index is 1.65. The molecular formula is C22H30N6O4S. The van der Waals surface area contributed by atoms with E-state index in [9.17, 15) is 13.2 Å². The highest BCUT2D eigenvalue weighted by atomic mass is 32.2. The molecule has 1 saturated heterocycles. The highest BCUT2D eigenvalue weighted by Gasteiger charge is 2.29. The average molecular weight is 475 g/mol. The average Bonchev–Trinajstić information content (AvgIpc) is 3.31. The number of aromatic nitrogens is 5. The number of carbonyl (C=O) groups is 1. The fraction of sp³-hybridized carbons (Fsp3) is 0.545. The Morgan fingerprint density at radius 3 is 2.64 bits per heavy atom. The number of piperidine rings is 1. The first-order valence-electron chi connectivity index (χ1n) is 10.9. The van der Waals surface area contributed by atoms with Gasteiger partial charge < -0.3 is 9.64 Å². The number of aryl methyl sites for hydroxylation is 1. The predicted molar refractivity (Wildman–Crippen MR) is 123 cm³/mol. The lowest BCUT2D eigenvalue weighted by Crippen LogP contribution is -2.43. The van der Waals surface area contributed by atoms with Gasteiger partial charge in [0.2, 0.25) is 0 Å². The van der Waals surface area contributed by atoms with Crippen molar-refractivity contribution >= 4 is 21.6 Å². The molecule has 0 spiro atoms. The van der Waals surface area contributed by atoms with Crippen LogP contribution in [0.15, 0.2) is 29.8 Å². The van der Waals surface area contributed by atoms with E-state index in [0.717, 1.165) is 30.4 Å². The van der Waals surface area contributed by atoms with Crippen LogP contribution in [-0.2, 0) is 28.0 Å². The molecule has 4 heterocycles. The van der Waals surface area contributed by atoms with E-state index in [4.69, 9.17) is 4.74 Å². The van der Waals surface area contributed by atoms with Crippen LogP contribution in [-0.4, -0.2) is 68.5 Å². The largest absolute Gasteiger partial charge is 0.444 e. The minimum atomic E-state index is -3.60. The molecule has 3 aromatic rings. The fourth-order valence-corrected chi connectivity index (χ4v) is 4.91. The first-order valence-corrected chi connectivity index (χ1v) is 12.8. The Hall–Kier alpha value is -2.95. The van der Waals surface area contributed by atoms with Crippen molar-refractivity contribution in [2.75, 3.05) is 19.3 Å². The number of imidazole rings is 1. The molecular weight excluding hydrogens is 444 g/mol. The third-order valence-corrected chi connectivity index (χ3v) is 6.51. The SMILES string of the molecule is Cn1cc(-c2cnc3c(S(C)(=O)=O)nc(CC4CCCN(C(=O)OC(C)(C)C)C4)cn23)cn1. The molecule has 0 saturated carbocycles. The van der Waals surface area contributed by atoms with Gasteiger partial charge in [-0.05, 0) is 46.0 Å². The van der Waals surface area contributed by atoms with Gasteiger partial charge in [0.05, 0.1) is 23.8 Å². The minimum Gasteiger partial charge on any atom is -0.444 e. The quantitative estimate of drug-likeness (QED) is 0.571. The van der Waals surface area contributed by atoms with Gasteiger partial charge in [0, 0.05) is 44.4 Å². The summed E-state index contributed by atoms with van der Waals surface area (Å²) in [6.45, 7) is 6.75. The van der Waals surface area contributed by atoms with Crippen LogP contribution >= 0.6 is 0 Å². The van der Waals surface area contributed by atoms with Crippen molar-refractivity contribution in [2.24, 2.45) is 13.0 Å². The summed E-state index contributed by atoms with van der Waals surface area (Å²) in [7, 11) is -1.78. The van der Waals surface area contributed by atoms with Crippen molar-refractivity contribution < 1.29 is 17.9 Å². The maximum Gasteiger partial charge on any atom is 0.410 e. The number of sulfone groups is 1. The summed E-state index contributed by atoms with van der Waals surface area (Å²) in [6.07, 6.45) is 10.2. The van der Waals surface area contributed by atoms with Gasteiger partial charge in [0.25, 0.3) is 0 Å². The van der Waals surface area contributed by atoms with E-state index in [1.807, 2.05) is 40.2 Å². The summed E-state index contributed by atoms with van der Waals surface area (Å²) in [5.41, 5.74) is 1.95. The molecule has 0 aromatic carbocycles. The van der Waals surface area contributed by atoms with Crippen molar-refractivity contribution in [3.8, 4) is 11.3 Å². The van der Waals surface area contributed by atoms with Crippen LogP contribution in [0.4, 0.5) is 4.79 Å². The zero-order chi connectivity index (χ0) is 24.0. The lowest BCUT2D eigenvalue weighted by Gasteiger charge is -2.34. The van der Waals surface area contributed by atoms with Crippen LogP contribution in [0.2, 0.25) is 0 Å². The zero-order valence-electron chi connectivity index (χ0n) is 19.6. The number of hydrogen-bond acceptors (Lipinski definition) is 7. The van der Waals surface area contributed by atoms with Gasteiger partial charge in [-0.3, -0.25) is 9.08 Å². The van der Waals surface area contributed by atoms with Gasteiger partial charge >= 0.3 is 6.09 Å². The second-order valence-electron chi connectivity index (χ2n) is 9.69. The molecule has 0 N–H and O–H groups in total. The van der Waals surface area contributed by atoms with Crippen LogP contribution < -0.4 is 0 Å². The first-order chi connectivity index (χ1) is 15.4. The number of ether oxygens (including phenoxy) is 1. The van der Waals surface area contributed by atoms with Crippen LogP contribution in [0, 0.1) is 5.92 Å². The lowest BCUT2D eigenvalue weighted by atomic mass is 9.94. The Kier molecular flexibility index (Phi) is 5.94. The van der Waals surface area contributed by atoms with E-state index in [1.165, 1.54) is 0 Å². The molecule has 1 fully saturated rings. The second-order valence-corrected chi connectivity index (χ2v) is 11.6.